The number of hydrogen-bond donors (Lipinski definition) is 0. The monoisotopic (exact) mass is 261 g/mol. The Balaban J connectivity index is 1.69. The molecule has 4 heteroatoms. The second-order valence-electron chi connectivity index (χ2n) is 6.34. The predicted molar refractivity (Wildman–Crippen MR) is 72.3 cm³/mol. The van der Waals surface area contributed by atoms with Crippen LogP contribution >= 0.6 is 0 Å². The number of carbonyl (C=O) groups excluding carboxylic acids is 1. The molecule has 3 aliphatic rings. The highest BCUT2D eigenvalue weighted by atomic mass is 16.2. The second-order valence-corrected chi connectivity index (χ2v) is 6.34. The van der Waals surface area contributed by atoms with Gasteiger partial charge in [0.05, 0.1) is 6.07 Å². The van der Waals surface area contributed by atoms with Gasteiger partial charge in [-0.1, -0.05) is 19.3 Å². The van der Waals surface area contributed by atoms with Gasteiger partial charge in [-0.2, -0.15) is 5.26 Å². The van der Waals surface area contributed by atoms with E-state index in [-0.39, 0.29) is 5.91 Å². The quantitative estimate of drug-likeness (QED) is 0.722. The van der Waals surface area contributed by atoms with Crippen molar-refractivity contribution in [1.29, 1.82) is 5.26 Å². The normalized spacial score (nSPS) is 30.7. The number of nitrogens with zero attached hydrogens (tertiary/aromatic N) is 3. The minimum atomic E-state index is -0.684. The fourth-order valence-electron chi connectivity index (χ4n) is 4.00. The first-order valence-electron chi connectivity index (χ1n) is 7.70. The summed E-state index contributed by atoms with van der Waals surface area (Å²) in [6.45, 7) is 3.86. The van der Waals surface area contributed by atoms with E-state index in [1.54, 1.807) is 0 Å². The van der Waals surface area contributed by atoms with Crippen LogP contribution < -0.4 is 0 Å². The van der Waals surface area contributed by atoms with Gasteiger partial charge in [-0.3, -0.25) is 9.69 Å². The van der Waals surface area contributed by atoms with Gasteiger partial charge in [0.25, 0.3) is 0 Å². The molecule has 1 atom stereocenters. The zero-order valence-corrected chi connectivity index (χ0v) is 11.6. The fourth-order valence-corrected chi connectivity index (χ4v) is 4.00. The molecule has 0 radical (unpaired) electrons. The molecule has 1 saturated carbocycles. The van der Waals surface area contributed by atoms with E-state index in [9.17, 15) is 10.1 Å². The first kappa shape index (κ1) is 12.9. The van der Waals surface area contributed by atoms with Gasteiger partial charge in [-0.15, -0.1) is 0 Å². The molecule has 3 fully saturated rings. The van der Waals surface area contributed by atoms with Gasteiger partial charge in [0.1, 0.15) is 5.41 Å². The Morgan fingerprint density at radius 1 is 1.11 bits per heavy atom. The van der Waals surface area contributed by atoms with Crippen LogP contribution in [0.2, 0.25) is 0 Å². The zero-order chi connectivity index (χ0) is 13.3. The van der Waals surface area contributed by atoms with Crippen LogP contribution in [0.15, 0.2) is 0 Å². The number of carbonyl (C=O) groups is 1. The standard InChI is InChI=1S/C15H23N3O/c16-12-15(6-2-3-7-15)14(19)18-10-9-17-8-4-1-5-13(17)11-18/h13H,1-11H2. The summed E-state index contributed by atoms with van der Waals surface area (Å²) in [5.74, 6) is 0.123. The lowest BCUT2D eigenvalue weighted by Crippen LogP contribution is -2.58. The van der Waals surface area contributed by atoms with Gasteiger partial charge in [-0.05, 0) is 32.2 Å². The van der Waals surface area contributed by atoms with Crippen molar-refractivity contribution < 1.29 is 4.79 Å². The molecule has 0 bridgehead atoms. The maximum Gasteiger partial charge on any atom is 0.243 e. The molecule has 1 unspecified atom stereocenters. The van der Waals surface area contributed by atoms with Crippen molar-refractivity contribution in [1.82, 2.24) is 9.80 Å². The van der Waals surface area contributed by atoms with E-state index in [1.165, 1.54) is 25.8 Å². The molecule has 1 aliphatic carbocycles. The van der Waals surface area contributed by atoms with Crippen LogP contribution in [0.3, 0.4) is 0 Å². The summed E-state index contributed by atoms with van der Waals surface area (Å²) in [7, 11) is 0. The third-order valence-electron chi connectivity index (χ3n) is 5.21. The van der Waals surface area contributed by atoms with Crippen LogP contribution in [0.25, 0.3) is 0 Å². The highest BCUT2D eigenvalue weighted by molar-refractivity contribution is 5.86. The minimum absolute atomic E-state index is 0.123. The van der Waals surface area contributed by atoms with Crippen molar-refractivity contribution in [2.24, 2.45) is 5.41 Å². The number of fused-ring (bicyclic) bond motifs is 1. The number of nitriles is 1. The molecule has 0 N–H and O–H groups in total. The Hall–Kier alpha value is -1.08. The highest BCUT2D eigenvalue weighted by Gasteiger charge is 2.45. The smallest absolute Gasteiger partial charge is 0.243 e. The Morgan fingerprint density at radius 3 is 2.63 bits per heavy atom. The van der Waals surface area contributed by atoms with Crippen LogP contribution in [-0.2, 0) is 4.79 Å². The molecule has 2 saturated heterocycles. The molecule has 0 spiro atoms. The minimum Gasteiger partial charge on any atom is -0.338 e. The number of amides is 1. The van der Waals surface area contributed by atoms with E-state index in [1.807, 2.05) is 4.90 Å². The third kappa shape index (κ3) is 2.25. The van der Waals surface area contributed by atoms with E-state index in [0.29, 0.717) is 6.04 Å². The first-order chi connectivity index (χ1) is 9.25. The van der Waals surface area contributed by atoms with Crippen LogP contribution in [0.4, 0.5) is 0 Å². The average Bonchev–Trinajstić information content (AvgIpc) is 2.96. The summed E-state index contributed by atoms with van der Waals surface area (Å²) in [6.07, 6.45) is 7.40. The number of rotatable bonds is 1. The van der Waals surface area contributed by atoms with E-state index in [2.05, 4.69) is 11.0 Å². The molecule has 0 aromatic heterocycles. The van der Waals surface area contributed by atoms with Crippen molar-refractivity contribution in [3.63, 3.8) is 0 Å². The van der Waals surface area contributed by atoms with Crippen molar-refractivity contribution >= 4 is 5.91 Å². The van der Waals surface area contributed by atoms with Gasteiger partial charge in [0.2, 0.25) is 5.91 Å². The molecule has 0 aromatic rings. The average molecular weight is 261 g/mol. The van der Waals surface area contributed by atoms with E-state index in [4.69, 9.17) is 0 Å². The van der Waals surface area contributed by atoms with Crippen molar-refractivity contribution in [3.05, 3.63) is 0 Å². The van der Waals surface area contributed by atoms with Crippen LogP contribution in [0, 0.1) is 16.7 Å². The second kappa shape index (κ2) is 5.13. The molecule has 4 nitrogen and oxygen atoms in total. The third-order valence-corrected chi connectivity index (χ3v) is 5.21. The summed E-state index contributed by atoms with van der Waals surface area (Å²) >= 11 is 0. The number of piperidine rings is 1. The number of hydrogen-bond acceptors (Lipinski definition) is 3. The maximum atomic E-state index is 12.7. The summed E-state index contributed by atoms with van der Waals surface area (Å²) < 4.78 is 0. The van der Waals surface area contributed by atoms with E-state index in [0.717, 1.165) is 45.3 Å². The fraction of sp³-hybridized carbons (Fsp3) is 0.867. The van der Waals surface area contributed by atoms with Crippen LogP contribution in [0.5, 0.6) is 0 Å². The molecule has 19 heavy (non-hydrogen) atoms. The summed E-state index contributed by atoms with van der Waals surface area (Å²) in [5, 5.41) is 9.44. The maximum absolute atomic E-state index is 12.7. The van der Waals surface area contributed by atoms with E-state index < -0.39 is 5.41 Å². The van der Waals surface area contributed by atoms with Gasteiger partial charge < -0.3 is 4.90 Å². The van der Waals surface area contributed by atoms with Gasteiger partial charge in [0, 0.05) is 25.7 Å². The highest BCUT2D eigenvalue weighted by Crippen LogP contribution is 2.39. The van der Waals surface area contributed by atoms with Gasteiger partial charge >= 0.3 is 0 Å². The van der Waals surface area contributed by atoms with Crippen molar-refractivity contribution in [2.75, 3.05) is 26.2 Å². The zero-order valence-electron chi connectivity index (χ0n) is 11.6. The Morgan fingerprint density at radius 2 is 1.89 bits per heavy atom. The SMILES string of the molecule is N#CC1(C(=O)N2CCN3CCCCC3C2)CCCC1. The van der Waals surface area contributed by atoms with Crippen molar-refractivity contribution in [2.45, 2.75) is 51.0 Å². The lowest BCUT2D eigenvalue weighted by Gasteiger charge is -2.45. The van der Waals surface area contributed by atoms with Crippen LogP contribution in [0.1, 0.15) is 44.9 Å². The first-order valence-corrected chi connectivity index (χ1v) is 7.70. The molecule has 1 amide bonds. The van der Waals surface area contributed by atoms with E-state index >= 15 is 0 Å². The molecule has 3 rings (SSSR count). The topological polar surface area (TPSA) is 47.3 Å². The molecule has 104 valence electrons. The lowest BCUT2D eigenvalue weighted by molar-refractivity contribution is -0.142. The van der Waals surface area contributed by atoms with Crippen molar-refractivity contribution in [3.8, 4) is 6.07 Å². The summed E-state index contributed by atoms with van der Waals surface area (Å²) in [6, 6.07) is 2.89. The predicted octanol–water partition coefficient (Wildman–Crippen LogP) is 1.77. The van der Waals surface area contributed by atoms with Gasteiger partial charge in [0.15, 0.2) is 0 Å². The van der Waals surface area contributed by atoms with Crippen LogP contribution in [-0.4, -0.2) is 47.9 Å². The number of piperazine rings is 1. The summed E-state index contributed by atoms with van der Waals surface area (Å²) in [4.78, 5) is 17.2. The molecule has 0 aromatic carbocycles. The molecular weight excluding hydrogens is 238 g/mol. The molecule has 2 heterocycles. The Kier molecular flexibility index (Phi) is 3.49. The Labute approximate surface area is 115 Å². The Bertz CT molecular complexity index is 395. The lowest BCUT2D eigenvalue weighted by atomic mass is 9.85. The van der Waals surface area contributed by atoms with Gasteiger partial charge in [-0.25, -0.2) is 0 Å². The molecule has 2 aliphatic heterocycles. The summed E-state index contributed by atoms with van der Waals surface area (Å²) in [5.41, 5.74) is -0.684. The largest absolute Gasteiger partial charge is 0.338 e. The molecular formula is C15H23N3O.